The summed E-state index contributed by atoms with van der Waals surface area (Å²) in [6.45, 7) is 0. The van der Waals surface area contributed by atoms with Gasteiger partial charge in [-0.3, -0.25) is 9.59 Å². The minimum atomic E-state index is -0.330. The lowest BCUT2D eigenvalue weighted by atomic mass is 9.91. The van der Waals surface area contributed by atoms with Gasteiger partial charge in [-0.1, -0.05) is 0 Å². The smallest absolute Gasteiger partial charge is 0.268 e. The zero-order chi connectivity index (χ0) is 19.0. The van der Waals surface area contributed by atoms with Gasteiger partial charge in [-0.25, -0.2) is 0 Å². The Morgan fingerprint density at radius 3 is 2.81 bits per heavy atom. The number of H-pyrrole nitrogens is 2. The number of aromatic nitrogens is 2. The summed E-state index contributed by atoms with van der Waals surface area (Å²) in [5.74, 6) is 0.672. The summed E-state index contributed by atoms with van der Waals surface area (Å²) in [5.41, 5.74) is 3.14. The summed E-state index contributed by atoms with van der Waals surface area (Å²) in [6.07, 6.45) is 4.16. The number of ether oxygens (including phenoxy) is 2. The summed E-state index contributed by atoms with van der Waals surface area (Å²) in [6, 6.07) is 7.06. The number of carbonyl (C=O) groups excluding carboxylic acids is 1. The first-order valence-electron chi connectivity index (χ1n) is 8.86. The van der Waals surface area contributed by atoms with E-state index in [1.807, 2.05) is 18.2 Å². The Hall–Kier alpha value is -3.22. The van der Waals surface area contributed by atoms with Crippen LogP contribution in [0.3, 0.4) is 0 Å². The number of nitrogens with one attached hydrogen (secondary N) is 3. The normalized spacial score (nSPS) is 16.0. The maximum Gasteiger partial charge on any atom is 0.268 e. The van der Waals surface area contributed by atoms with E-state index in [2.05, 4.69) is 15.3 Å². The van der Waals surface area contributed by atoms with Gasteiger partial charge in [0.05, 0.1) is 20.3 Å². The predicted octanol–water partition coefficient (Wildman–Crippen LogP) is 2.68. The van der Waals surface area contributed by atoms with Crippen molar-refractivity contribution in [3.63, 3.8) is 0 Å². The van der Waals surface area contributed by atoms with Crippen molar-refractivity contribution in [2.75, 3.05) is 14.2 Å². The second-order valence-electron chi connectivity index (χ2n) is 6.63. The first-order chi connectivity index (χ1) is 13.1. The Morgan fingerprint density at radius 2 is 2.07 bits per heavy atom. The number of aryl methyl sites for hydroxylation is 1. The fourth-order valence-electron chi connectivity index (χ4n) is 3.70. The molecule has 0 saturated carbocycles. The highest BCUT2D eigenvalue weighted by Crippen LogP contribution is 2.36. The van der Waals surface area contributed by atoms with E-state index < -0.39 is 0 Å². The van der Waals surface area contributed by atoms with Crippen molar-refractivity contribution in [1.82, 2.24) is 15.3 Å². The van der Waals surface area contributed by atoms with Crippen LogP contribution in [-0.4, -0.2) is 30.1 Å². The monoisotopic (exact) mass is 367 g/mol. The SMILES string of the molecule is COc1ccc2[nH]c3c(c2c1)CCC[C@H]3NC(=O)c1cc(=O)c(OC)c[nH]1. The minimum Gasteiger partial charge on any atom is -0.497 e. The van der Waals surface area contributed by atoms with Crippen LogP contribution in [0.5, 0.6) is 11.5 Å². The number of amides is 1. The Bertz CT molecular complexity index is 1070. The van der Waals surface area contributed by atoms with Gasteiger partial charge in [0.25, 0.3) is 5.91 Å². The summed E-state index contributed by atoms with van der Waals surface area (Å²) < 4.78 is 10.3. The average molecular weight is 367 g/mol. The number of benzene rings is 1. The van der Waals surface area contributed by atoms with Gasteiger partial charge in [-0.15, -0.1) is 0 Å². The van der Waals surface area contributed by atoms with Crippen LogP contribution in [0.2, 0.25) is 0 Å². The summed E-state index contributed by atoms with van der Waals surface area (Å²) >= 11 is 0. The lowest BCUT2D eigenvalue weighted by Crippen LogP contribution is -2.32. The van der Waals surface area contributed by atoms with Crippen molar-refractivity contribution >= 4 is 16.8 Å². The number of pyridine rings is 1. The van der Waals surface area contributed by atoms with Crippen LogP contribution in [0.25, 0.3) is 10.9 Å². The molecular weight excluding hydrogens is 346 g/mol. The number of rotatable bonds is 4. The van der Waals surface area contributed by atoms with Crippen molar-refractivity contribution in [3.8, 4) is 11.5 Å². The van der Waals surface area contributed by atoms with Crippen LogP contribution in [0, 0.1) is 0 Å². The third-order valence-electron chi connectivity index (χ3n) is 5.06. The van der Waals surface area contributed by atoms with E-state index >= 15 is 0 Å². The molecule has 3 aromatic rings. The highest BCUT2D eigenvalue weighted by atomic mass is 16.5. The van der Waals surface area contributed by atoms with E-state index in [1.165, 1.54) is 24.9 Å². The molecule has 7 heteroatoms. The van der Waals surface area contributed by atoms with E-state index in [9.17, 15) is 9.59 Å². The molecule has 0 radical (unpaired) electrons. The fourth-order valence-corrected chi connectivity index (χ4v) is 3.70. The zero-order valence-electron chi connectivity index (χ0n) is 15.2. The standard InChI is InChI=1S/C20H21N3O4/c1-26-11-6-7-14-13(8-11)12-4-3-5-15(19(12)22-14)23-20(25)16-9-17(24)18(27-2)10-21-16/h6-10,15,22H,3-5H2,1-2H3,(H,21,24)(H,23,25)/t15-/m1/s1. The van der Waals surface area contributed by atoms with Gasteiger partial charge in [-0.2, -0.15) is 0 Å². The maximum absolute atomic E-state index is 12.6. The third-order valence-corrected chi connectivity index (χ3v) is 5.06. The molecule has 1 aliphatic carbocycles. The molecule has 2 heterocycles. The van der Waals surface area contributed by atoms with Crippen molar-refractivity contribution in [1.29, 1.82) is 0 Å². The van der Waals surface area contributed by atoms with Gasteiger partial charge in [-0.05, 0) is 43.0 Å². The molecule has 140 valence electrons. The molecule has 0 aliphatic heterocycles. The van der Waals surface area contributed by atoms with Crippen LogP contribution in [0.15, 0.2) is 35.3 Å². The molecule has 0 unspecified atom stereocenters. The van der Waals surface area contributed by atoms with E-state index in [0.29, 0.717) is 0 Å². The number of fused-ring (bicyclic) bond motifs is 3. The Labute approximate surface area is 155 Å². The van der Waals surface area contributed by atoms with Crippen LogP contribution < -0.4 is 20.2 Å². The Kier molecular flexibility index (Phi) is 4.35. The Morgan fingerprint density at radius 1 is 1.22 bits per heavy atom. The number of hydrogen-bond acceptors (Lipinski definition) is 4. The predicted molar refractivity (Wildman–Crippen MR) is 102 cm³/mol. The fraction of sp³-hybridized carbons (Fsp3) is 0.300. The summed E-state index contributed by atoms with van der Waals surface area (Å²) in [5, 5.41) is 4.16. The van der Waals surface area contributed by atoms with Gasteiger partial charge in [0.1, 0.15) is 11.4 Å². The van der Waals surface area contributed by atoms with Gasteiger partial charge >= 0.3 is 0 Å². The highest BCUT2D eigenvalue weighted by Gasteiger charge is 2.26. The molecule has 1 atom stereocenters. The molecule has 1 aliphatic rings. The average Bonchev–Trinajstić information content (AvgIpc) is 3.06. The van der Waals surface area contributed by atoms with Gasteiger partial charge < -0.3 is 24.8 Å². The largest absolute Gasteiger partial charge is 0.497 e. The molecule has 0 fully saturated rings. The van der Waals surface area contributed by atoms with Crippen molar-refractivity contribution in [2.24, 2.45) is 0 Å². The molecular formula is C20H21N3O4. The second kappa shape index (κ2) is 6.83. The van der Waals surface area contributed by atoms with Crippen molar-refractivity contribution in [2.45, 2.75) is 25.3 Å². The van der Waals surface area contributed by atoms with Crippen molar-refractivity contribution < 1.29 is 14.3 Å². The van der Waals surface area contributed by atoms with Gasteiger partial charge in [0.15, 0.2) is 5.75 Å². The van der Waals surface area contributed by atoms with E-state index in [-0.39, 0.29) is 28.8 Å². The molecule has 0 saturated heterocycles. The number of carbonyl (C=O) groups is 1. The summed E-state index contributed by atoms with van der Waals surface area (Å²) in [7, 11) is 3.07. The van der Waals surface area contributed by atoms with E-state index in [1.54, 1.807) is 7.11 Å². The van der Waals surface area contributed by atoms with Crippen LogP contribution in [-0.2, 0) is 6.42 Å². The van der Waals surface area contributed by atoms with Crippen LogP contribution >= 0.6 is 0 Å². The minimum absolute atomic E-state index is 0.134. The number of hydrogen-bond donors (Lipinski definition) is 3. The Balaban J connectivity index is 1.64. The zero-order valence-corrected chi connectivity index (χ0v) is 15.2. The quantitative estimate of drug-likeness (QED) is 0.661. The first-order valence-corrected chi connectivity index (χ1v) is 8.86. The molecule has 0 bridgehead atoms. The maximum atomic E-state index is 12.6. The van der Waals surface area contributed by atoms with E-state index in [0.717, 1.165) is 41.6 Å². The molecule has 1 aromatic carbocycles. The van der Waals surface area contributed by atoms with Crippen molar-refractivity contribution in [3.05, 3.63) is 57.6 Å². The van der Waals surface area contributed by atoms with Gasteiger partial charge in [0.2, 0.25) is 5.43 Å². The molecule has 2 aromatic heterocycles. The highest BCUT2D eigenvalue weighted by molar-refractivity contribution is 5.93. The topological polar surface area (TPSA) is 96.2 Å². The molecule has 3 N–H and O–H groups in total. The number of methoxy groups -OCH3 is 2. The molecule has 27 heavy (non-hydrogen) atoms. The summed E-state index contributed by atoms with van der Waals surface area (Å²) in [4.78, 5) is 30.8. The second-order valence-corrected chi connectivity index (χ2v) is 6.63. The van der Waals surface area contributed by atoms with Gasteiger partial charge in [0, 0.05) is 28.9 Å². The molecule has 7 nitrogen and oxygen atoms in total. The molecule has 1 amide bonds. The molecule has 4 rings (SSSR count). The third kappa shape index (κ3) is 3.05. The lowest BCUT2D eigenvalue weighted by molar-refractivity contribution is 0.0926. The lowest BCUT2D eigenvalue weighted by Gasteiger charge is -2.23. The molecule has 0 spiro atoms. The number of aromatic amines is 2. The van der Waals surface area contributed by atoms with Crippen LogP contribution in [0.4, 0.5) is 0 Å². The first kappa shape index (κ1) is 17.2. The van der Waals surface area contributed by atoms with Crippen LogP contribution in [0.1, 0.15) is 40.6 Å². The van der Waals surface area contributed by atoms with E-state index in [4.69, 9.17) is 9.47 Å².